The van der Waals surface area contributed by atoms with Crippen LogP contribution in [0.1, 0.15) is 36.4 Å². The topological polar surface area (TPSA) is 95.2 Å². The molecule has 0 radical (unpaired) electrons. The molecule has 5 nitrogen and oxygen atoms in total. The molecule has 0 spiro atoms. The molecule has 0 amide bonds. The summed E-state index contributed by atoms with van der Waals surface area (Å²) in [6.45, 7) is 2.52. The Labute approximate surface area is 101 Å². The Morgan fingerprint density at radius 3 is 2.65 bits per heavy atom. The van der Waals surface area contributed by atoms with Crippen molar-refractivity contribution < 1.29 is 4.92 Å². The van der Waals surface area contributed by atoms with Crippen molar-refractivity contribution in [2.45, 2.75) is 32.2 Å². The van der Waals surface area contributed by atoms with E-state index >= 15 is 0 Å². The number of hydrogen-bond donors (Lipinski definition) is 2. The molecule has 17 heavy (non-hydrogen) atoms. The van der Waals surface area contributed by atoms with Crippen LogP contribution in [-0.4, -0.2) is 11.5 Å². The molecule has 1 unspecified atom stereocenters. The minimum atomic E-state index is -0.392. The zero-order valence-corrected chi connectivity index (χ0v) is 10.1. The van der Waals surface area contributed by atoms with Crippen LogP contribution < -0.4 is 11.5 Å². The predicted octanol–water partition coefficient (Wildman–Crippen LogP) is 2.03. The predicted molar refractivity (Wildman–Crippen MR) is 67.7 cm³/mol. The molecule has 1 aromatic carbocycles. The molecule has 4 N–H and O–H groups in total. The molecule has 5 heteroatoms. The van der Waals surface area contributed by atoms with Crippen molar-refractivity contribution in [2.75, 3.05) is 6.54 Å². The van der Waals surface area contributed by atoms with E-state index in [1.807, 2.05) is 6.92 Å². The van der Waals surface area contributed by atoms with Gasteiger partial charge in [0.2, 0.25) is 0 Å². The smallest absolute Gasteiger partial charge is 0.269 e. The fraction of sp³-hybridized carbons (Fsp3) is 0.500. The number of nitrogens with two attached hydrogens (primary N) is 2. The maximum Gasteiger partial charge on any atom is 0.269 e. The van der Waals surface area contributed by atoms with E-state index in [-0.39, 0.29) is 11.7 Å². The van der Waals surface area contributed by atoms with Crippen LogP contribution in [0.2, 0.25) is 0 Å². The Kier molecular flexibility index (Phi) is 5.06. The summed E-state index contributed by atoms with van der Waals surface area (Å²) in [7, 11) is 0. The van der Waals surface area contributed by atoms with Crippen LogP contribution in [0.15, 0.2) is 18.2 Å². The van der Waals surface area contributed by atoms with E-state index in [4.69, 9.17) is 11.5 Å². The lowest BCUT2D eigenvalue weighted by Crippen LogP contribution is -2.12. The average Bonchev–Trinajstić information content (AvgIpc) is 2.28. The fourth-order valence-electron chi connectivity index (χ4n) is 1.85. The third-order valence-corrected chi connectivity index (χ3v) is 2.83. The van der Waals surface area contributed by atoms with Gasteiger partial charge in [0.05, 0.1) is 4.92 Å². The van der Waals surface area contributed by atoms with Crippen molar-refractivity contribution in [1.82, 2.24) is 0 Å². The van der Waals surface area contributed by atoms with Crippen molar-refractivity contribution in [3.63, 3.8) is 0 Å². The zero-order chi connectivity index (χ0) is 12.8. The molecule has 0 aromatic heterocycles. The second kappa shape index (κ2) is 6.32. The van der Waals surface area contributed by atoms with E-state index < -0.39 is 4.92 Å². The molecule has 0 saturated heterocycles. The van der Waals surface area contributed by atoms with Crippen LogP contribution in [0.4, 0.5) is 5.69 Å². The minimum absolute atomic E-state index is 0.0673. The second-order valence-electron chi connectivity index (χ2n) is 4.19. The number of aryl methyl sites for hydroxylation is 1. The third-order valence-electron chi connectivity index (χ3n) is 2.83. The van der Waals surface area contributed by atoms with E-state index in [0.717, 1.165) is 30.4 Å². The molecular formula is C12H19N3O2. The van der Waals surface area contributed by atoms with Crippen molar-refractivity contribution in [3.05, 3.63) is 39.4 Å². The van der Waals surface area contributed by atoms with Gasteiger partial charge in [0, 0.05) is 18.2 Å². The van der Waals surface area contributed by atoms with Gasteiger partial charge in [-0.05, 0) is 37.4 Å². The van der Waals surface area contributed by atoms with Gasteiger partial charge in [-0.2, -0.15) is 0 Å². The molecule has 0 saturated carbocycles. The fourth-order valence-corrected chi connectivity index (χ4v) is 1.85. The Morgan fingerprint density at radius 1 is 1.41 bits per heavy atom. The number of nitrogens with zero attached hydrogens (tertiary/aromatic N) is 1. The summed E-state index contributed by atoms with van der Waals surface area (Å²) < 4.78 is 0. The SMILES string of the molecule is Cc1cc([N+](=O)[O-])ccc1C(N)CCCCN. The number of nitro groups is 1. The van der Waals surface area contributed by atoms with Gasteiger partial charge in [0.1, 0.15) is 0 Å². The van der Waals surface area contributed by atoms with Crippen molar-refractivity contribution in [2.24, 2.45) is 11.5 Å². The van der Waals surface area contributed by atoms with Crippen molar-refractivity contribution >= 4 is 5.69 Å². The summed E-state index contributed by atoms with van der Waals surface area (Å²) in [6, 6.07) is 4.76. The van der Waals surface area contributed by atoms with Gasteiger partial charge >= 0.3 is 0 Å². The van der Waals surface area contributed by atoms with Gasteiger partial charge < -0.3 is 11.5 Å². The minimum Gasteiger partial charge on any atom is -0.330 e. The molecule has 0 aliphatic carbocycles. The average molecular weight is 237 g/mol. The van der Waals surface area contributed by atoms with Crippen LogP contribution in [-0.2, 0) is 0 Å². The lowest BCUT2D eigenvalue weighted by molar-refractivity contribution is -0.384. The number of benzene rings is 1. The van der Waals surface area contributed by atoms with E-state index in [0.29, 0.717) is 6.54 Å². The molecule has 0 aliphatic heterocycles. The second-order valence-corrected chi connectivity index (χ2v) is 4.19. The lowest BCUT2D eigenvalue weighted by Gasteiger charge is -2.14. The Bertz CT molecular complexity index is 393. The molecule has 0 fully saturated rings. The van der Waals surface area contributed by atoms with Crippen molar-refractivity contribution in [1.29, 1.82) is 0 Å². The number of unbranched alkanes of at least 4 members (excludes halogenated alkanes) is 1. The highest BCUT2D eigenvalue weighted by atomic mass is 16.6. The van der Waals surface area contributed by atoms with Crippen LogP contribution in [0.25, 0.3) is 0 Å². The lowest BCUT2D eigenvalue weighted by atomic mass is 9.97. The molecule has 0 bridgehead atoms. The summed E-state index contributed by atoms with van der Waals surface area (Å²) in [6.07, 6.45) is 2.80. The van der Waals surface area contributed by atoms with Gasteiger partial charge in [-0.15, -0.1) is 0 Å². The molecular weight excluding hydrogens is 218 g/mol. The summed E-state index contributed by atoms with van der Waals surface area (Å²) in [5.74, 6) is 0. The van der Waals surface area contributed by atoms with Gasteiger partial charge in [0.15, 0.2) is 0 Å². The highest BCUT2D eigenvalue weighted by Gasteiger charge is 2.12. The number of non-ortho nitro benzene ring substituents is 1. The highest BCUT2D eigenvalue weighted by Crippen LogP contribution is 2.24. The van der Waals surface area contributed by atoms with E-state index in [1.54, 1.807) is 12.1 Å². The standard InChI is InChI=1S/C12H19N3O2/c1-9-8-10(15(16)17)5-6-11(9)12(14)4-2-3-7-13/h5-6,8,12H,2-4,7,13-14H2,1H3. The van der Waals surface area contributed by atoms with Crippen molar-refractivity contribution in [3.8, 4) is 0 Å². The van der Waals surface area contributed by atoms with E-state index in [2.05, 4.69) is 0 Å². The Hall–Kier alpha value is -1.46. The first-order chi connectivity index (χ1) is 8.06. The third kappa shape index (κ3) is 3.80. The monoisotopic (exact) mass is 237 g/mol. The molecule has 0 heterocycles. The first kappa shape index (κ1) is 13.6. The van der Waals surface area contributed by atoms with E-state index in [1.165, 1.54) is 6.07 Å². The first-order valence-corrected chi connectivity index (χ1v) is 5.77. The molecule has 94 valence electrons. The largest absolute Gasteiger partial charge is 0.330 e. The zero-order valence-electron chi connectivity index (χ0n) is 10.1. The Morgan fingerprint density at radius 2 is 2.12 bits per heavy atom. The number of nitro benzene ring substituents is 1. The normalized spacial score (nSPS) is 12.4. The first-order valence-electron chi connectivity index (χ1n) is 5.77. The maximum absolute atomic E-state index is 10.6. The van der Waals surface area contributed by atoms with Gasteiger partial charge in [0.25, 0.3) is 5.69 Å². The van der Waals surface area contributed by atoms with Crippen LogP contribution >= 0.6 is 0 Å². The molecule has 1 aromatic rings. The maximum atomic E-state index is 10.6. The van der Waals surface area contributed by atoms with Crippen LogP contribution in [0, 0.1) is 17.0 Å². The highest BCUT2D eigenvalue weighted by molar-refractivity contribution is 5.40. The molecule has 1 rings (SSSR count). The van der Waals surface area contributed by atoms with Gasteiger partial charge in [-0.3, -0.25) is 10.1 Å². The van der Waals surface area contributed by atoms with Gasteiger partial charge in [-0.1, -0.05) is 12.5 Å². The molecule has 0 aliphatic rings. The summed E-state index contributed by atoms with van der Waals surface area (Å²) in [5, 5.41) is 10.6. The van der Waals surface area contributed by atoms with Crippen LogP contribution in [0.5, 0.6) is 0 Å². The summed E-state index contributed by atoms with van der Waals surface area (Å²) in [5.41, 5.74) is 13.4. The van der Waals surface area contributed by atoms with E-state index in [9.17, 15) is 10.1 Å². The summed E-state index contributed by atoms with van der Waals surface area (Å²) in [4.78, 5) is 10.2. The number of rotatable bonds is 6. The summed E-state index contributed by atoms with van der Waals surface area (Å²) >= 11 is 0. The molecule has 1 atom stereocenters. The van der Waals surface area contributed by atoms with Crippen LogP contribution in [0.3, 0.4) is 0 Å². The number of hydrogen-bond acceptors (Lipinski definition) is 4. The Balaban J connectivity index is 2.74. The quantitative estimate of drug-likeness (QED) is 0.449. The van der Waals surface area contributed by atoms with Gasteiger partial charge in [-0.25, -0.2) is 0 Å².